The summed E-state index contributed by atoms with van der Waals surface area (Å²) in [6, 6.07) is 3.65. The van der Waals surface area contributed by atoms with Crippen molar-refractivity contribution in [2.75, 3.05) is 0 Å². The summed E-state index contributed by atoms with van der Waals surface area (Å²) in [6.07, 6.45) is 3.28. The van der Waals surface area contributed by atoms with Gasteiger partial charge in [0.25, 0.3) is 0 Å². The van der Waals surface area contributed by atoms with Gasteiger partial charge in [-0.3, -0.25) is 0 Å². The first-order chi connectivity index (χ1) is 3.00. The van der Waals surface area contributed by atoms with E-state index in [1.54, 1.807) is 12.4 Å². The van der Waals surface area contributed by atoms with Crippen LogP contribution in [0.25, 0.3) is 0 Å². The van der Waals surface area contributed by atoms with E-state index in [0.29, 0.717) is 0 Å². The number of aromatic nitrogens is 2. The zero-order chi connectivity index (χ0) is 4.24. The fourth-order valence-electron chi connectivity index (χ4n) is 0.253. The van der Waals surface area contributed by atoms with E-state index in [-0.39, 0.29) is 37.2 Å². The van der Waals surface area contributed by atoms with Gasteiger partial charge < -0.3 is 0 Å². The molecule has 1 aromatic rings. The molecule has 5 heteroatoms. The largest absolute Gasteiger partial charge is 0.159 e. The summed E-state index contributed by atoms with van der Waals surface area (Å²) in [5, 5.41) is 7.07. The summed E-state index contributed by atoms with van der Waals surface area (Å²) in [5.41, 5.74) is 0. The average molecular weight is 189 g/mol. The first-order valence-corrected chi connectivity index (χ1v) is 1.72. The second kappa shape index (κ2) is 10.8. The molecular formula is C4H7Cl3N2. The highest BCUT2D eigenvalue weighted by Gasteiger charge is 1.59. The zero-order valence-electron chi connectivity index (χ0n) is 4.43. The number of hydrogen-bond donors (Lipinski definition) is 0. The molecule has 0 radical (unpaired) electrons. The van der Waals surface area contributed by atoms with Gasteiger partial charge in [0.2, 0.25) is 0 Å². The van der Waals surface area contributed by atoms with Gasteiger partial charge in [0.05, 0.1) is 0 Å². The molecule has 0 aliphatic heterocycles. The van der Waals surface area contributed by atoms with Crippen LogP contribution in [-0.2, 0) is 0 Å². The lowest BCUT2D eigenvalue weighted by Crippen LogP contribution is -1.69. The van der Waals surface area contributed by atoms with E-state index in [9.17, 15) is 0 Å². The minimum Gasteiger partial charge on any atom is -0.159 e. The molecule has 0 aromatic carbocycles. The maximum Gasteiger partial charge on any atom is 0.0496 e. The van der Waals surface area contributed by atoms with Gasteiger partial charge in [-0.1, -0.05) is 0 Å². The van der Waals surface area contributed by atoms with E-state index in [1.807, 2.05) is 12.1 Å². The van der Waals surface area contributed by atoms with E-state index in [4.69, 9.17) is 0 Å². The van der Waals surface area contributed by atoms with Crippen LogP contribution < -0.4 is 0 Å². The van der Waals surface area contributed by atoms with Crippen molar-refractivity contribution in [3.63, 3.8) is 0 Å². The molecule has 9 heavy (non-hydrogen) atoms. The van der Waals surface area contributed by atoms with Crippen LogP contribution in [0.5, 0.6) is 0 Å². The molecule has 0 spiro atoms. The van der Waals surface area contributed by atoms with E-state index in [0.717, 1.165) is 0 Å². The normalized spacial score (nSPS) is 5.33. The average Bonchev–Trinajstić information content (AvgIpc) is 1.72. The summed E-state index contributed by atoms with van der Waals surface area (Å²) in [7, 11) is 0. The van der Waals surface area contributed by atoms with Gasteiger partial charge in [0, 0.05) is 12.4 Å². The molecule has 2 nitrogen and oxygen atoms in total. The van der Waals surface area contributed by atoms with E-state index in [2.05, 4.69) is 10.2 Å². The lowest BCUT2D eigenvalue weighted by molar-refractivity contribution is 1.03. The third-order valence-corrected chi connectivity index (χ3v) is 0.483. The number of nitrogens with zero attached hydrogens (tertiary/aromatic N) is 2. The van der Waals surface area contributed by atoms with Crippen LogP contribution in [0.1, 0.15) is 0 Å². The van der Waals surface area contributed by atoms with Crippen LogP contribution in [-0.4, -0.2) is 10.2 Å². The predicted molar refractivity (Wildman–Crippen MR) is 43.8 cm³/mol. The Balaban J connectivity index is -0.000000120. The lowest BCUT2D eigenvalue weighted by Gasteiger charge is -1.69. The first-order valence-electron chi connectivity index (χ1n) is 1.72. The van der Waals surface area contributed by atoms with Gasteiger partial charge in [0.1, 0.15) is 0 Å². The maximum atomic E-state index is 3.53. The third-order valence-electron chi connectivity index (χ3n) is 0.483. The lowest BCUT2D eigenvalue weighted by atomic mass is 10.6. The molecule has 1 heterocycles. The molecule has 0 saturated carbocycles. The van der Waals surface area contributed by atoms with Crippen molar-refractivity contribution in [2.45, 2.75) is 0 Å². The minimum atomic E-state index is 0. The van der Waals surface area contributed by atoms with Gasteiger partial charge in [-0.15, -0.1) is 37.2 Å². The molecule has 1 aromatic heterocycles. The smallest absolute Gasteiger partial charge is 0.0496 e. The van der Waals surface area contributed by atoms with Crippen molar-refractivity contribution in [3.8, 4) is 0 Å². The summed E-state index contributed by atoms with van der Waals surface area (Å²) >= 11 is 0. The third kappa shape index (κ3) is 7.95. The quantitative estimate of drug-likeness (QED) is 0.621. The van der Waals surface area contributed by atoms with Crippen LogP contribution in [0.2, 0.25) is 0 Å². The van der Waals surface area contributed by atoms with E-state index >= 15 is 0 Å². The highest BCUT2D eigenvalue weighted by molar-refractivity contribution is 5.86. The molecule has 54 valence electrons. The highest BCUT2D eigenvalue weighted by Crippen LogP contribution is 1.68. The Kier molecular flexibility index (Phi) is 19.3. The van der Waals surface area contributed by atoms with Gasteiger partial charge in [-0.25, -0.2) is 0 Å². The Labute approximate surface area is 72.3 Å². The van der Waals surface area contributed by atoms with Gasteiger partial charge in [0.15, 0.2) is 0 Å². The molecule has 0 fully saturated rings. The first kappa shape index (κ1) is 16.0. The van der Waals surface area contributed by atoms with Crippen molar-refractivity contribution in [2.24, 2.45) is 0 Å². The molecule has 0 aliphatic rings. The fourth-order valence-corrected chi connectivity index (χ4v) is 0.253. The van der Waals surface area contributed by atoms with Crippen LogP contribution in [0.15, 0.2) is 24.5 Å². The molecule has 1 rings (SSSR count). The number of halogens is 3. The summed E-state index contributed by atoms with van der Waals surface area (Å²) < 4.78 is 0. The van der Waals surface area contributed by atoms with E-state index in [1.165, 1.54) is 0 Å². The van der Waals surface area contributed by atoms with Gasteiger partial charge >= 0.3 is 0 Å². The molecule has 0 atom stereocenters. The van der Waals surface area contributed by atoms with Crippen LogP contribution >= 0.6 is 37.2 Å². The topological polar surface area (TPSA) is 25.8 Å². The van der Waals surface area contributed by atoms with Crippen molar-refractivity contribution in [3.05, 3.63) is 24.5 Å². The van der Waals surface area contributed by atoms with Gasteiger partial charge in [-0.05, 0) is 12.1 Å². The predicted octanol–water partition coefficient (Wildman–Crippen LogP) is 1.74. The fraction of sp³-hybridized carbons (Fsp3) is 0. The molecule has 0 unspecified atom stereocenters. The second-order valence-corrected chi connectivity index (χ2v) is 0.914. The Bertz CT molecular complexity index is 85.7. The Morgan fingerprint density at radius 1 is 0.667 bits per heavy atom. The number of rotatable bonds is 0. The van der Waals surface area contributed by atoms with Crippen molar-refractivity contribution >= 4 is 37.2 Å². The summed E-state index contributed by atoms with van der Waals surface area (Å²) in [4.78, 5) is 0. The summed E-state index contributed by atoms with van der Waals surface area (Å²) in [5.74, 6) is 0. The maximum absolute atomic E-state index is 3.53. The SMILES string of the molecule is Cl.Cl.Cl.c1ccnnc1. The van der Waals surface area contributed by atoms with Crippen molar-refractivity contribution < 1.29 is 0 Å². The molecule has 0 saturated heterocycles. The van der Waals surface area contributed by atoms with Crippen molar-refractivity contribution in [1.29, 1.82) is 0 Å². The monoisotopic (exact) mass is 188 g/mol. The van der Waals surface area contributed by atoms with Crippen LogP contribution in [0.3, 0.4) is 0 Å². The number of hydrogen-bond acceptors (Lipinski definition) is 2. The standard InChI is InChI=1S/C4H4N2.3ClH/c1-2-4-6-5-3-1;;;/h1-4H;3*1H. The van der Waals surface area contributed by atoms with Crippen molar-refractivity contribution in [1.82, 2.24) is 10.2 Å². The van der Waals surface area contributed by atoms with Crippen LogP contribution in [0.4, 0.5) is 0 Å². The Morgan fingerprint density at radius 2 is 1.00 bits per heavy atom. The molecular weight excluding hydrogens is 182 g/mol. The minimum absolute atomic E-state index is 0. The van der Waals surface area contributed by atoms with Crippen LogP contribution in [0, 0.1) is 0 Å². The molecule has 0 bridgehead atoms. The zero-order valence-corrected chi connectivity index (χ0v) is 6.88. The van der Waals surface area contributed by atoms with Gasteiger partial charge in [-0.2, -0.15) is 10.2 Å². The molecule has 0 N–H and O–H groups in total. The summed E-state index contributed by atoms with van der Waals surface area (Å²) in [6.45, 7) is 0. The molecule has 0 amide bonds. The molecule has 0 aliphatic carbocycles. The Hall–Kier alpha value is -0.0500. The second-order valence-electron chi connectivity index (χ2n) is 0.914. The highest BCUT2D eigenvalue weighted by atomic mass is 35.5. The Morgan fingerprint density at radius 3 is 1.11 bits per heavy atom. The van der Waals surface area contributed by atoms with E-state index < -0.39 is 0 Å².